The number of hydrogen-bond donors (Lipinski definition) is 0. The fourth-order valence-corrected chi connectivity index (χ4v) is 4.58. The van der Waals surface area contributed by atoms with E-state index in [1.54, 1.807) is 14.2 Å². The first-order valence-corrected chi connectivity index (χ1v) is 7.62. The summed E-state index contributed by atoms with van der Waals surface area (Å²) in [6.07, 6.45) is 5.36. The Kier molecular flexibility index (Phi) is 3.56. The predicted octanol–water partition coefficient (Wildman–Crippen LogP) is 3.52. The highest BCUT2D eigenvalue weighted by Gasteiger charge is 2.57. The summed E-state index contributed by atoms with van der Waals surface area (Å²) < 4.78 is 17.0. The molecule has 3 aliphatic rings. The van der Waals surface area contributed by atoms with Crippen molar-refractivity contribution in [3.05, 3.63) is 23.8 Å². The van der Waals surface area contributed by atoms with Crippen molar-refractivity contribution in [2.75, 3.05) is 14.2 Å². The van der Waals surface area contributed by atoms with Crippen LogP contribution in [0.3, 0.4) is 0 Å². The lowest BCUT2D eigenvalue weighted by Crippen LogP contribution is -2.47. The Morgan fingerprint density at radius 1 is 1.35 bits per heavy atom. The van der Waals surface area contributed by atoms with Gasteiger partial charge in [-0.25, -0.2) is 0 Å². The number of hydrogen-bond acceptors (Lipinski definition) is 3. The van der Waals surface area contributed by atoms with Crippen molar-refractivity contribution >= 4 is 0 Å². The second-order valence-electron chi connectivity index (χ2n) is 6.80. The quantitative estimate of drug-likeness (QED) is 0.723. The third-order valence-electron chi connectivity index (χ3n) is 5.90. The summed E-state index contributed by atoms with van der Waals surface area (Å²) in [5, 5.41) is 0. The van der Waals surface area contributed by atoms with Gasteiger partial charge in [0.2, 0.25) is 0 Å². The van der Waals surface area contributed by atoms with Gasteiger partial charge in [-0.1, -0.05) is 32.1 Å². The maximum Gasteiger partial charge on any atom is 0.183 e. The molecule has 6 atom stereocenters. The topological polar surface area (TPSA) is 27.7 Å². The van der Waals surface area contributed by atoms with Crippen molar-refractivity contribution in [2.45, 2.75) is 45.7 Å². The van der Waals surface area contributed by atoms with Crippen LogP contribution in [0.1, 0.15) is 33.1 Å². The average Bonchev–Trinajstić information content (AvgIpc) is 2.82. The molecule has 20 heavy (non-hydrogen) atoms. The first-order valence-electron chi connectivity index (χ1n) is 7.62. The van der Waals surface area contributed by atoms with Gasteiger partial charge in [0.05, 0.1) is 0 Å². The second kappa shape index (κ2) is 4.97. The van der Waals surface area contributed by atoms with Gasteiger partial charge in [0, 0.05) is 20.1 Å². The van der Waals surface area contributed by atoms with Crippen LogP contribution in [0.25, 0.3) is 0 Å². The molecule has 1 heterocycles. The third-order valence-corrected chi connectivity index (χ3v) is 5.90. The summed E-state index contributed by atoms with van der Waals surface area (Å²) in [5.41, 5.74) is 2.87. The molecule has 0 radical (unpaired) electrons. The van der Waals surface area contributed by atoms with E-state index in [2.05, 4.69) is 26.5 Å². The molecule has 0 aromatic heterocycles. The molecule has 3 nitrogen and oxygen atoms in total. The van der Waals surface area contributed by atoms with E-state index in [1.165, 1.54) is 24.0 Å². The molecule has 0 aromatic rings. The van der Waals surface area contributed by atoms with E-state index in [-0.39, 0.29) is 18.0 Å². The van der Waals surface area contributed by atoms with Crippen molar-refractivity contribution in [1.82, 2.24) is 0 Å². The molecule has 0 amide bonds. The SMILES string of the molecule is C=C1C2CC=C3[C@H](OC)O[C@@H](OC)[C@@H]3[C@@]2(C)CC[C@@H]1C. The van der Waals surface area contributed by atoms with Crippen molar-refractivity contribution in [3.63, 3.8) is 0 Å². The van der Waals surface area contributed by atoms with Crippen LogP contribution < -0.4 is 0 Å². The summed E-state index contributed by atoms with van der Waals surface area (Å²) >= 11 is 0. The van der Waals surface area contributed by atoms with E-state index in [4.69, 9.17) is 14.2 Å². The van der Waals surface area contributed by atoms with Gasteiger partial charge in [0.15, 0.2) is 12.6 Å². The van der Waals surface area contributed by atoms with Crippen molar-refractivity contribution in [1.29, 1.82) is 0 Å². The van der Waals surface area contributed by atoms with E-state index < -0.39 is 0 Å². The molecular formula is C17H26O3. The lowest BCUT2D eigenvalue weighted by Gasteiger charge is -2.52. The molecule has 0 spiro atoms. The highest BCUT2D eigenvalue weighted by atomic mass is 16.8. The monoisotopic (exact) mass is 278 g/mol. The Morgan fingerprint density at radius 3 is 2.75 bits per heavy atom. The minimum atomic E-state index is -0.240. The highest BCUT2D eigenvalue weighted by Crippen LogP contribution is 2.60. The molecule has 1 saturated heterocycles. The van der Waals surface area contributed by atoms with Crippen LogP contribution in [0.15, 0.2) is 23.8 Å². The van der Waals surface area contributed by atoms with E-state index >= 15 is 0 Å². The average molecular weight is 278 g/mol. The molecule has 3 rings (SSSR count). The number of fused-ring (bicyclic) bond motifs is 3. The van der Waals surface area contributed by atoms with E-state index in [1.807, 2.05) is 0 Å². The van der Waals surface area contributed by atoms with Gasteiger partial charge in [-0.3, -0.25) is 0 Å². The molecule has 0 bridgehead atoms. The van der Waals surface area contributed by atoms with Gasteiger partial charge in [0.1, 0.15) is 0 Å². The molecular weight excluding hydrogens is 252 g/mol. The zero-order valence-corrected chi connectivity index (χ0v) is 13.0. The lowest BCUT2D eigenvalue weighted by atomic mass is 9.53. The van der Waals surface area contributed by atoms with Crippen LogP contribution in [-0.4, -0.2) is 26.8 Å². The van der Waals surface area contributed by atoms with Gasteiger partial charge in [0.25, 0.3) is 0 Å². The summed E-state index contributed by atoms with van der Waals surface area (Å²) in [4.78, 5) is 0. The van der Waals surface area contributed by atoms with E-state index in [9.17, 15) is 0 Å². The van der Waals surface area contributed by atoms with E-state index in [0.29, 0.717) is 17.8 Å². The maximum absolute atomic E-state index is 5.94. The van der Waals surface area contributed by atoms with Crippen molar-refractivity contribution in [3.8, 4) is 0 Å². The molecule has 3 heteroatoms. The van der Waals surface area contributed by atoms with Crippen LogP contribution in [0, 0.1) is 23.2 Å². The van der Waals surface area contributed by atoms with Gasteiger partial charge >= 0.3 is 0 Å². The van der Waals surface area contributed by atoms with Crippen molar-refractivity contribution in [2.24, 2.45) is 23.2 Å². The second-order valence-corrected chi connectivity index (χ2v) is 6.80. The first-order chi connectivity index (χ1) is 9.52. The normalized spacial score (nSPS) is 47.7. The smallest absolute Gasteiger partial charge is 0.183 e. The first kappa shape index (κ1) is 14.3. The number of methoxy groups -OCH3 is 2. The fraction of sp³-hybridized carbons (Fsp3) is 0.765. The predicted molar refractivity (Wildman–Crippen MR) is 78.0 cm³/mol. The molecule has 0 N–H and O–H groups in total. The molecule has 0 aromatic carbocycles. The Labute approximate surface area is 122 Å². The Hall–Kier alpha value is -0.640. The van der Waals surface area contributed by atoms with Gasteiger partial charge in [-0.15, -0.1) is 0 Å². The summed E-state index contributed by atoms with van der Waals surface area (Å²) in [6.45, 7) is 9.08. The molecule has 2 fully saturated rings. The molecule has 1 unspecified atom stereocenters. The Balaban J connectivity index is 2.00. The Bertz CT molecular complexity index is 442. The van der Waals surface area contributed by atoms with E-state index in [0.717, 1.165) is 6.42 Å². The van der Waals surface area contributed by atoms with Crippen molar-refractivity contribution < 1.29 is 14.2 Å². The van der Waals surface area contributed by atoms with Crippen LogP contribution in [0.5, 0.6) is 0 Å². The molecule has 2 aliphatic carbocycles. The molecule has 112 valence electrons. The molecule has 1 aliphatic heterocycles. The lowest BCUT2D eigenvalue weighted by molar-refractivity contribution is -0.201. The van der Waals surface area contributed by atoms with Crippen LogP contribution in [0.4, 0.5) is 0 Å². The molecule has 1 saturated carbocycles. The fourth-order valence-electron chi connectivity index (χ4n) is 4.58. The zero-order valence-electron chi connectivity index (χ0n) is 13.0. The van der Waals surface area contributed by atoms with Crippen LogP contribution in [-0.2, 0) is 14.2 Å². The minimum Gasteiger partial charge on any atom is -0.355 e. The maximum atomic E-state index is 5.94. The van der Waals surface area contributed by atoms with Gasteiger partial charge in [-0.2, -0.15) is 0 Å². The standard InChI is InChI=1S/C17H26O3/c1-10-8-9-17(3)13(11(10)2)7-6-12-14(17)16(19-5)20-15(12)18-4/h6,10,13-16H,2,7-9H2,1,3-5H3/t10-,13?,14+,15+,16+,17-/m0/s1. The number of rotatable bonds is 2. The van der Waals surface area contributed by atoms with Crippen LogP contribution in [0.2, 0.25) is 0 Å². The third kappa shape index (κ3) is 1.83. The Morgan fingerprint density at radius 2 is 2.10 bits per heavy atom. The van der Waals surface area contributed by atoms with Crippen LogP contribution >= 0.6 is 0 Å². The largest absolute Gasteiger partial charge is 0.355 e. The highest BCUT2D eigenvalue weighted by molar-refractivity contribution is 5.29. The van der Waals surface area contributed by atoms with Gasteiger partial charge in [-0.05, 0) is 42.1 Å². The van der Waals surface area contributed by atoms with Gasteiger partial charge < -0.3 is 14.2 Å². The number of ether oxygens (including phenoxy) is 3. The summed E-state index contributed by atoms with van der Waals surface area (Å²) in [6, 6.07) is 0. The number of allylic oxidation sites excluding steroid dienone is 2. The minimum absolute atomic E-state index is 0.182. The summed E-state index contributed by atoms with van der Waals surface area (Å²) in [7, 11) is 3.43. The summed E-state index contributed by atoms with van der Waals surface area (Å²) in [5.74, 6) is 1.46. The zero-order chi connectivity index (χ0) is 14.5.